The number of amides is 1. The van der Waals surface area contributed by atoms with Crippen LogP contribution in [0.15, 0.2) is 47.4 Å². The highest BCUT2D eigenvalue weighted by Gasteiger charge is 2.23. The van der Waals surface area contributed by atoms with E-state index >= 15 is 0 Å². The highest BCUT2D eigenvalue weighted by atomic mass is 32.2. The van der Waals surface area contributed by atoms with Gasteiger partial charge in [-0.05, 0) is 62.6 Å². The van der Waals surface area contributed by atoms with E-state index in [1.165, 1.54) is 23.6 Å². The van der Waals surface area contributed by atoms with Crippen molar-refractivity contribution in [2.75, 3.05) is 11.4 Å². The van der Waals surface area contributed by atoms with Gasteiger partial charge in [-0.2, -0.15) is 0 Å². The van der Waals surface area contributed by atoms with Gasteiger partial charge in [-0.25, -0.2) is 8.42 Å². The van der Waals surface area contributed by atoms with E-state index < -0.39 is 10.0 Å². The number of nitrogens with one attached hydrogen (secondary N) is 1. The molecule has 1 N–H and O–H groups in total. The van der Waals surface area contributed by atoms with Crippen molar-refractivity contribution in [3.05, 3.63) is 59.2 Å². The van der Waals surface area contributed by atoms with Crippen molar-refractivity contribution in [3.8, 4) is 0 Å². The van der Waals surface area contributed by atoms with Gasteiger partial charge in [0.25, 0.3) is 15.9 Å². The quantitative estimate of drug-likeness (QED) is 0.731. The molecular weight excluding hydrogens is 396 g/mol. The predicted octanol–water partition coefficient (Wildman–Crippen LogP) is 4.97. The second-order valence-corrected chi connectivity index (χ2v) is 10.3. The standard InChI is InChI=1S/C24H32N2O3S/c1-18-11-14-22(15-12-18)30(28,29)26(3)23-16-13-20(17-19(23)2)24(27)25-21-9-7-5-4-6-8-10-21/h11-17,21H,4-10H2,1-3H3,(H,25,27). The van der Waals surface area contributed by atoms with Gasteiger partial charge in [-0.1, -0.05) is 49.8 Å². The SMILES string of the molecule is Cc1ccc(S(=O)(=O)N(C)c2ccc(C(=O)NC3CCCCCCC3)cc2C)cc1. The third-order valence-corrected chi connectivity index (χ3v) is 7.70. The Hall–Kier alpha value is -2.34. The third-order valence-electron chi connectivity index (χ3n) is 5.92. The Labute approximate surface area is 180 Å². The zero-order valence-corrected chi connectivity index (χ0v) is 19.0. The van der Waals surface area contributed by atoms with Crippen molar-refractivity contribution in [2.24, 2.45) is 0 Å². The molecule has 1 saturated carbocycles. The van der Waals surface area contributed by atoms with E-state index in [9.17, 15) is 13.2 Å². The number of sulfonamides is 1. The Bertz CT molecular complexity index is 976. The highest BCUT2D eigenvalue weighted by molar-refractivity contribution is 7.92. The van der Waals surface area contributed by atoms with E-state index in [0.29, 0.717) is 11.3 Å². The summed E-state index contributed by atoms with van der Waals surface area (Å²) in [5.41, 5.74) is 2.89. The van der Waals surface area contributed by atoms with Crippen LogP contribution in [0.3, 0.4) is 0 Å². The Morgan fingerprint density at radius 1 is 0.933 bits per heavy atom. The van der Waals surface area contributed by atoms with Crippen LogP contribution in [-0.2, 0) is 10.0 Å². The van der Waals surface area contributed by atoms with E-state index in [1.54, 1.807) is 49.5 Å². The number of benzene rings is 2. The summed E-state index contributed by atoms with van der Waals surface area (Å²) in [6, 6.07) is 12.2. The maximum Gasteiger partial charge on any atom is 0.264 e. The maximum atomic E-state index is 13.0. The summed E-state index contributed by atoms with van der Waals surface area (Å²) < 4.78 is 27.3. The van der Waals surface area contributed by atoms with E-state index in [-0.39, 0.29) is 16.8 Å². The molecule has 0 heterocycles. The highest BCUT2D eigenvalue weighted by Crippen LogP contribution is 2.26. The third kappa shape index (κ3) is 5.22. The van der Waals surface area contributed by atoms with E-state index in [0.717, 1.165) is 36.8 Å². The Balaban J connectivity index is 1.75. The van der Waals surface area contributed by atoms with Crippen LogP contribution in [-0.4, -0.2) is 27.4 Å². The molecule has 0 bridgehead atoms. The summed E-state index contributed by atoms with van der Waals surface area (Å²) in [5, 5.41) is 3.17. The summed E-state index contributed by atoms with van der Waals surface area (Å²) in [7, 11) is -2.11. The smallest absolute Gasteiger partial charge is 0.264 e. The Kier molecular flexibility index (Phi) is 7.19. The molecule has 2 aromatic carbocycles. The lowest BCUT2D eigenvalue weighted by atomic mass is 9.96. The second-order valence-electron chi connectivity index (χ2n) is 8.30. The molecule has 0 spiro atoms. The van der Waals surface area contributed by atoms with E-state index in [2.05, 4.69) is 5.32 Å². The molecule has 0 radical (unpaired) electrons. The lowest BCUT2D eigenvalue weighted by molar-refractivity contribution is 0.0930. The van der Waals surface area contributed by atoms with Gasteiger partial charge < -0.3 is 5.32 Å². The van der Waals surface area contributed by atoms with Crippen molar-refractivity contribution >= 4 is 21.6 Å². The number of nitrogens with zero attached hydrogens (tertiary/aromatic N) is 1. The summed E-state index contributed by atoms with van der Waals surface area (Å²) in [6.07, 6.45) is 8.14. The summed E-state index contributed by atoms with van der Waals surface area (Å²) >= 11 is 0. The number of carbonyl (C=O) groups excluding carboxylic acids is 1. The molecule has 0 saturated heterocycles. The van der Waals surface area contributed by atoms with Crippen molar-refractivity contribution in [2.45, 2.75) is 69.7 Å². The number of hydrogen-bond acceptors (Lipinski definition) is 3. The first kappa shape index (κ1) is 22.3. The van der Waals surface area contributed by atoms with Crippen LogP contribution in [0.4, 0.5) is 5.69 Å². The molecule has 0 aromatic heterocycles. The molecule has 0 unspecified atom stereocenters. The largest absolute Gasteiger partial charge is 0.349 e. The minimum Gasteiger partial charge on any atom is -0.349 e. The van der Waals surface area contributed by atoms with Crippen LogP contribution in [0, 0.1) is 13.8 Å². The fourth-order valence-corrected chi connectivity index (χ4v) is 5.28. The van der Waals surface area contributed by atoms with Gasteiger partial charge >= 0.3 is 0 Å². The average molecular weight is 429 g/mol. The minimum absolute atomic E-state index is 0.0840. The summed E-state index contributed by atoms with van der Waals surface area (Å²) in [5.74, 6) is -0.0840. The van der Waals surface area contributed by atoms with Gasteiger partial charge in [0.05, 0.1) is 10.6 Å². The zero-order valence-electron chi connectivity index (χ0n) is 18.1. The van der Waals surface area contributed by atoms with Crippen molar-refractivity contribution in [1.82, 2.24) is 5.32 Å². The molecule has 30 heavy (non-hydrogen) atoms. The van der Waals surface area contributed by atoms with Gasteiger partial charge in [-0.3, -0.25) is 9.10 Å². The topological polar surface area (TPSA) is 66.5 Å². The lowest BCUT2D eigenvalue weighted by Crippen LogP contribution is -2.35. The van der Waals surface area contributed by atoms with E-state index in [4.69, 9.17) is 0 Å². The zero-order chi connectivity index (χ0) is 21.7. The van der Waals surface area contributed by atoms with Crippen LogP contribution in [0.25, 0.3) is 0 Å². The lowest BCUT2D eigenvalue weighted by Gasteiger charge is -2.23. The van der Waals surface area contributed by atoms with Crippen molar-refractivity contribution in [3.63, 3.8) is 0 Å². The van der Waals surface area contributed by atoms with Crippen molar-refractivity contribution < 1.29 is 13.2 Å². The Morgan fingerprint density at radius 3 is 2.13 bits per heavy atom. The fourth-order valence-electron chi connectivity index (χ4n) is 4.02. The fraction of sp³-hybridized carbons (Fsp3) is 0.458. The van der Waals surface area contributed by atoms with Crippen LogP contribution in [0.2, 0.25) is 0 Å². The molecule has 162 valence electrons. The number of carbonyl (C=O) groups is 1. The second kappa shape index (κ2) is 9.65. The molecule has 2 aromatic rings. The van der Waals surface area contributed by atoms with E-state index in [1.807, 2.05) is 13.8 Å². The summed E-state index contributed by atoms with van der Waals surface area (Å²) in [4.78, 5) is 13.0. The molecule has 1 aliphatic rings. The molecule has 3 rings (SSSR count). The predicted molar refractivity (Wildman–Crippen MR) is 122 cm³/mol. The van der Waals surface area contributed by atoms with Crippen LogP contribution in [0.1, 0.15) is 66.4 Å². The van der Waals surface area contributed by atoms with Gasteiger partial charge in [-0.15, -0.1) is 0 Å². The average Bonchev–Trinajstić information content (AvgIpc) is 2.69. The molecule has 0 atom stereocenters. The molecular formula is C24H32N2O3S. The van der Waals surface area contributed by atoms with Crippen molar-refractivity contribution in [1.29, 1.82) is 0 Å². The Morgan fingerprint density at radius 2 is 1.53 bits per heavy atom. The molecule has 5 nitrogen and oxygen atoms in total. The monoisotopic (exact) mass is 428 g/mol. The molecule has 1 aliphatic carbocycles. The molecule has 6 heteroatoms. The number of rotatable bonds is 5. The van der Waals surface area contributed by atoms with Gasteiger partial charge in [0.2, 0.25) is 0 Å². The first-order valence-electron chi connectivity index (χ1n) is 10.8. The normalized spacial score (nSPS) is 15.8. The molecule has 1 fully saturated rings. The van der Waals surface area contributed by atoms with Gasteiger partial charge in [0.1, 0.15) is 0 Å². The molecule has 1 amide bonds. The number of hydrogen-bond donors (Lipinski definition) is 1. The summed E-state index contributed by atoms with van der Waals surface area (Å²) in [6.45, 7) is 3.76. The van der Waals surface area contributed by atoms with Crippen LogP contribution < -0.4 is 9.62 Å². The molecule has 0 aliphatic heterocycles. The minimum atomic E-state index is -3.66. The van der Waals surface area contributed by atoms with Gasteiger partial charge in [0, 0.05) is 18.7 Å². The number of aryl methyl sites for hydroxylation is 2. The van der Waals surface area contributed by atoms with Crippen LogP contribution in [0.5, 0.6) is 0 Å². The maximum absolute atomic E-state index is 13.0. The first-order chi connectivity index (χ1) is 14.3. The van der Waals surface area contributed by atoms with Gasteiger partial charge in [0.15, 0.2) is 0 Å². The first-order valence-corrected chi connectivity index (χ1v) is 12.2. The van der Waals surface area contributed by atoms with Crippen LogP contribution >= 0.6 is 0 Å². The number of anilines is 1.